The average molecular weight is 369 g/mol. The fraction of sp³-hybridized carbons (Fsp3) is 0.467. The number of hydrogen-bond acceptors (Lipinski definition) is 6. The molecule has 0 radical (unpaired) electrons. The molecule has 1 amide bonds. The van der Waals surface area contributed by atoms with Crippen molar-refractivity contribution in [3.8, 4) is 0 Å². The second kappa shape index (κ2) is 9.00. The first kappa shape index (κ1) is 18.7. The van der Waals surface area contributed by atoms with E-state index in [0.717, 1.165) is 23.8 Å². The first-order chi connectivity index (χ1) is 11.2. The largest absolute Gasteiger partial charge is 0.354 e. The molecule has 24 heavy (non-hydrogen) atoms. The second-order valence-corrected chi connectivity index (χ2v) is 6.55. The predicted molar refractivity (Wildman–Crippen MR) is 95.1 cm³/mol. The SMILES string of the molecule is Cl.Cn1nnnc1SCCNC(=O)[C@H]1CC[C@H](c2ccccc2)N1. The van der Waals surface area contributed by atoms with Gasteiger partial charge in [0, 0.05) is 25.4 Å². The lowest BCUT2D eigenvalue weighted by Gasteiger charge is -2.14. The molecule has 2 atom stereocenters. The fourth-order valence-electron chi connectivity index (χ4n) is 2.68. The number of nitrogens with one attached hydrogen (secondary N) is 2. The van der Waals surface area contributed by atoms with Crippen molar-refractivity contribution >= 4 is 30.1 Å². The van der Waals surface area contributed by atoms with Crippen LogP contribution in [0.2, 0.25) is 0 Å². The van der Waals surface area contributed by atoms with Gasteiger partial charge in [-0.05, 0) is 28.8 Å². The molecule has 3 rings (SSSR count). The molecule has 0 bridgehead atoms. The second-order valence-electron chi connectivity index (χ2n) is 5.48. The van der Waals surface area contributed by atoms with Crippen LogP contribution < -0.4 is 10.6 Å². The van der Waals surface area contributed by atoms with Gasteiger partial charge in [0.25, 0.3) is 0 Å². The summed E-state index contributed by atoms with van der Waals surface area (Å²) in [4.78, 5) is 12.2. The monoisotopic (exact) mass is 368 g/mol. The molecule has 1 aromatic carbocycles. The van der Waals surface area contributed by atoms with Crippen molar-refractivity contribution < 1.29 is 4.79 Å². The van der Waals surface area contributed by atoms with Gasteiger partial charge in [-0.15, -0.1) is 17.5 Å². The Labute approximate surface area is 151 Å². The van der Waals surface area contributed by atoms with E-state index in [1.165, 1.54) is 17.3 Å². The van der Waals surface area contributed by atoms with Crippen molar-refractivity contribution in [2.45, 2.75) is 30.1 Å². The van der Waals surface area contributed by atoms with E-state index in [4.69, 9.17) is 0 Å². The molecule has 0 saturated carbocycles. The molecule has 0 unspecified atom stereocenters. The number of tetrazole rings is 1. The average Bonchev–Trinajstić information content (AvgIpc) is 3.22. The fourth-order valence-corrected chi connectivity index (χ4v) is 3.39. The van der Waals surface area contributed by atoms with E-state index >= 15 is 0 Å². The zero-order chi connectivity index (χ0) is 16.1. The van der Waals surface area contributed by atoms with E-state index in [-0.39, 0.29) is 30.4 Å². The number of amides is 1. The number of carbonyl (C=O) groups excluding carboxylic acids is 1. The summed E-state index contributed by atoms with van der Waals surface area (Å²) in [5.74, 6) is 0.814. The van der Waals surface area contributed by atoms with Crippen LogP contribution in [-0.2, 0) is 11.8 Å². The normalized spacial score (nSPS) is 19.7. The number of benzene rings is 1. The number of aromatic nitrogens is 4. The summed E-state index contributed by atoms with van der Waals surface area (Å²) >= 11 is 1.53. The predicted octanol–water partition coefficient (Wildman–Crippen LogP) is 1.33. The third-order valence-corrected chi connectivity index (χ3v) is 4.89. The van der Waals surface area contributed by atoms with E-state index < -0.39 is 0 Å². The summed E-state index contributed by atoms with van der Waals surface area (Å²) in [6.07, 6.45) is 1.85. The molecule has 1 aromatic heterocycles. The molecule has 1 fully saturated rings. The number of halogens is 1. The van der Waals surface area contributed by atoms with Crippen LogP contribution in [-0.4, -0.2) is 44.5 Å². The Morgan fingerprint density at radius 3 is 2.88 bits per heavy atom. The molecular formula is C15H21ClN6OS. The molecule has 1 aliphatic heterocycles. The minimum atomic E-state index is -0.110. The summed E-state index contributed by atoms with van der Waals surface area (Å²) in [5.41, 5.74) is 1.24. The molecule has 0 spiro atoms. The smallest absolute Gasteiger partial charge is 0.237 e. The lowest BCUT2D eigenvalue weighted by atomic mass is 10.1. The van der Waals surface area contributed by atoms with Crippen molar-refractivity contribution in [1.82, 2.24) is 30.8 Å². The summed E-state index contributed by atoms with van der Waals surface area (Å²) < 4.78 is 1.62. The van der Waals surface area contributed by atoms with Crippen molar-refractivity contribution in [3.05, 3.63) is 35.9 Å². The Kier molecular flexibility index (Phi) is 7.01. The highest BCUT2D eigenvalue weighted by Gasteiger charge is 2.29. The molecule has 0 aliphatic carbocycles. The number of nitrogens with zero attached hydrogens (tertiary/aromatic N) is 4. The standard InChI is InChI=1S/C15H20N6OS.ClH/c1-21-15(18-19-20-21)23-10-9-16-14(22)13-8-7-12(17-13)11-5-3-2-4-6-11;/h2-6,12-13,17H,7-10H2,1H3,(H,16,22);1H/t12-,13-;/m1./s1. The minimum Gasteiger partial charge on any atom is -0.354 e. The highest BCUT2D eigenvalue weighted by Crippen LogP contribution is 2.26. The van der Waals surface area contributed by atoms with Crippen LogP contribution in [0.1, 0.15) is 24.4 Å². The zero-order valence-electron chi connectivity index (χ0n) is 13.4. The van der Waals surface area contributed by atoms with Gasteiger partial charge in [0.05, 0.1) is 6.04 Å². The van der Waals surface area contributed by atoms with Gasteiger partial charge in [0.1, 0.15) is 0 Å². The summed E-state index contributed by atoms with van der Waals surface area (Å²) in [6, 6.07) is 10.4. The van der Waals surface area contributed by atoms with Crippen molar-refractivity contribution in [1.29, 1.82) is 0 Å². The minimum absolute atomic E-state index is 0. The molecule has 2 heterocycles. The zero-order valence-corrected chi connectivity index (χ0v) is 15.0. The Hall–Kier alpha value is -1.64. The van der Waals surface area contributed by atoms with Gasteiger partial charge in [-0.1, -0.05) is 42.1 Å². The molecule has 1 saturated heterocycles. The van der Waals surface area contributed by atoms with Crippen molar-refractivity contribution in [2.24, 2.45) is 7.05 Å². The molecule has 130 valence electrons. The van der Waals surface area contributed by atoms with E-state index in [1.54, 1.807) is 11.7 Å². The summed E-state index contributed by atoms with van der Waals surface area (Å²) in [7, 11) is 1.80. The lowest BCUT2D eigenvalue weighted by Crippen LogP contribution is -2.41. The van der Waals surface area contributed by atoms with Gasteiger partial charge < -0.3 is 5.32 Å². The molecule has 2 N–H and O–H groups in total. The maximum Gasteiger partial charge on any atom is 0.237 e. The van der Waals surface area contributed by atoms with Crippen LogP contribution in [0.3, 0.4) is 0 Å². The topological polar surface area (TPSA) is 84.7 Å². The number of thioether (sulfide) groups is 1. The number of hydrogen-bond donors (Lipinski definition) is 2. The summed E-state index contributed by atoms with van der Waals surface area (Å²) in [6.45, 7) is 0.602. The van der Waals surface area contributed by atoms with Gasteiger partial charge >= 0.3 is 0 Å². The number of carbonyl (C=O) groups is 1. The highest BCUT2D eigenvalue weighted by molar-refractivity contribution is 7.99. The maximum atomic E-state index is 12.2. The van der Waals surface area contributed by atoms with E-state index in [9.17, 15) is 4.79 Å². The Balaban J connectivity index is 0.00000208. The summed E-state index contributed by atoms with van der Waals surface area (Å²) in [5, 5.41) is 18.4. The quantitative estimate of drug-likeness (QED) is 0.591. The third-order valence-electron chi connectivity index (χ3n) is 3.88. The Bertz CT molecular complexity index is 652. The van der Waals surface area contributed by atoms with Crippen molar-refractivity contribution in [3.63, 3.8) is 0 Å². The maximum absolute atomic E-state index is 12.2. The molecule has 1 aliphatic rings. The van der Waals surface area contributed by atoms with Crippen LogP contribution in [0.5, 0.6) is 0 Å². The van der Waals surface area contributed by atoms with Crippen LogP contribution in [0.25, 0.3) is 0 Å². The van der Waals surface area contributed by atoms with Gasteiger partial charge in [-0.3, -0.25) is 10.1 Å². The van der Waals surface area contributed by atoms with E-state index in [1.807, 2.05) is 18.2 Å². The van der Waals surface area contributed by atoms with Gasteiger partial charge in [-0.2, -0.15) is 0 Å². The highest BCUT2D eigenvalue weighted by atomic mass is 35.5. The van der Waals surface area contributed by atoms with Crippen LogP contribution >= 0.6 is 24.2 Å². The first-order valence-electron chi connectivity index (χ1n) is 7.68. The van der Waals surface area contributed by atoms with Crippen LogP contribution in [0.15, 0.2) is 35.5 Å². The first-order valence-corrected chi connectivity index (χ1v) is 8.66. The van der Waals surface area contributed by atoms with Crippen LogP contribution in [0, 0.1) is 0 Å². The number of aryl methyl sites for hydroxylation is 1. The lowest BCUT2D eigenvalue weighted by molar-refractivity contribution is -0.122. The molecule has 2 aromatic rings. The van der Waals surface area contributed by atoms with E-state index in [2.05, 4.69) is 38.3 Å². The Morgan fingerprint density at radius 1 is 1.38 bits per heavy atom. The van der Waals surface area contributed by atoms with Gasteiger partial charge in [0.15, 0.2) is 0 Å². The van der Waals surface area contributed by atoms with Crippen LogP contribution in [0.4, 0.5) is 0 Å². The van der Waals surface area contributed by atoms with Gasteiger partial charge in [0.2, 0.25) is 11.1 Å². The number of rotatable bonds is 6. The molecular weight excluding hydrogens is 348 g/mol. The van der Waals surface area contributed by atoms with Crippen molar-refractivity contribution in [2.75, 3.05) is 12.3 Å². The van der Waals surface area contributed by atoms with E-state index in [0.29, 0.717) is 6.54 Å². The third kappa shape index (κ3) is 4.68. The molecule has 9 heteroatoms. The van der Waals surface area contributed by atoms with Gasteiger partial charge in [-0.25, -0.2) is 4.68 Å². The molecule has 7 nitrogen and oxygen atoms in total. The Morgan fingerprint density at radius 2 is 2.17 bits per heavy atom.